The molecule has 0 fully saturated rings. The Morgan fingerprint density at radius 3 is 2.29 bits per heavy atom. The maximum Gasteiger partial charge on any atom is 0.120 e. The van der Waals surface area contributed by atoms with E-state index < -0.39 is 0 Å². The van der Waals surface area contributed by atoms with Crippen molar-refractivity contribution in [1.82, 2.24) is 5.32 Å². The number of hydrogen-bond acceptors (Lipinski definition) is 3. The van der Waals surface area contributed by atoms with Gasteiger partial charge in [0.25, 0.3) is 0 Å². The van der Waals surface area contributed by atoms with Crippen molar-refractivity contribution in [3.63, 3.8) is 0 Å². The summed E-state index contributed by atoms with van der Waals surface area (Å²) in [4.78, 5) is 0. The molecule has 2 aromatic rings. The fraction of sp³-hybridized carbons (Fsp3) is 0.222. The van der Waals surface area contributed by atoms with E-state index in [-0.39, 0.29) is 24.4 Å². The minimum Gasteiger partial charge on any atom is -0.508 e. The molecule has 2 aromatic carbocycles. The molecule has 2 atom stereocenters. The minimum atomic E-state index is -0.184. The SMILES string of the molecule is C=CC[C@@H](N[C@@H](CO)c1ccccc1)c1ccccc1O. The summed E-state index contributed by atoms with van der Waals surface area (Å²) in [7, 11) is 0. The molecule has 3 nitrogen and oxygen atoms in total. The second kappa shape index (κ2) is 7.62. The molecule has 21 heavy (non-hydrogen) atoms. The van der Waals surface area contributed by atoms with Gasteiger partial charge in [0.15, 0.2) is 0 Å². The van der Waals surface area contributed by atoms with E-state index in [0.29, 0.717) is 6.42 Å². The Morgan fingerprint density at radius 1 is 1.00 bits per heavy atom. The van der Waals surface area contributed by atoms with Crippen LogP contribution < -0.4 is 5.32 Å². The Labute approximate surface area is 125 Å². The Bertz CT molecular complexity index is 568. The molecular formula is C18H21NO2. The molecule has 0 aliphatic heterocycles. The molecule has 0 radical (unpaired) electrons. The molecule has 0 aliphatic carbocycles. The van der Waals surface area contributed by atoms with Crippen LogP contribution in [0, 0.1) is 0 Å². The van der Waals surface area contributed by atoms with Crippen molar-refractivity contribution < 1.29 is 10.2 Å². The number of para-hydroxylation sites is 1. The van der Waals surface area contributed by atoms with Gasteiger partial charge in [0.1, 0.15) is 5.75 Å². The van der Waals surface area contributed by atoms with Gasteiger partial charge >= 0.3 is 0 Å². The van der Waals surface area contributed by atoms with Gasteiger partial charge in [-0.2, -0.15) is 0 Å². The molecule has 3 heteroatoms. The summed E-state index contributed by atoms with van der Waals surface area (Å²) >= 11 is 0. The second-order valence-corrected chi connectivity index (χ2v) is 4.95. The van der Waals surface area contributed by atoms with E-state index in [9.17, 15) is 10.2 Å². The molecule has 0 saturated heterocycles. The Balaban J connectivity index is 2.23. The lowest BCUT2D eigenvalue weighted by Gasteiger charge is -2.25. The van der Waals surface area contributed by atoms with Gasteiger partial charge in [-0.25, -0.2) is 0 Å². The van der Waals surface area contributed by atoms with E-state index >= 15 is 0 Å². The van der Waals surface area contributed by atoms with Crippen LogP contribution >= 0.6 is 0 Å². The summed E-state index contributed by atoms with van der Waals surface area (Å²) in [6.07, 6.45) is 2.48. The van der Waals surface area contributed by atoms with Crippen LogP contribution in [0.1, 0.15) is 29.6 Å². The third kappa shape index (κ3) is 3.94. The number of aliphatic hydroxyl groups is 1. The van der Waals surface area contributed by atoms with Gasteiger partial charge in [0, 0.05) is 11.6 Å². The van der Waals surface area contributed by atoms with Gasteiger partial charge in [-0.3, -0.25) is 0 Å². The van der Waals surface area contributed by atoms with Gasteiger partial charge in [-0.15, -0.1) is 6.58 Å². The number of aliphatic hydroxyl groups excluding tert-OH is 1. The predicted octanol–water partition coefficient (Wildman–Crippen LogP) is 3.33. The van der Waals surface area contributed by atoms with Crippen LogP contribution in [0.2, 0.25) is 0 Å². The zero-order valence-corrected chi connectivity index (χ0v) is 11.9. The number of benzene rings is 2. The lowest BCUT2D eigenvalue weighted by molar-refractivity contribution is 0.232. The monoisotopic (exact) mass is 283 g/mol. The third-order valence-corrected chi connectivity index (χ3v) is 3.50. The second-order valence-electron chi connectivity index (χ2n) is 4.95. The van der Waals surface area contributed by atoms with Crippen molar-refractivity contribution in [2.45, 2.75) is 18.5 Å². The van der Waals surface area contributed by atoms with E-state index in [1.54, 1.807) is 12.1 Å². The molecule has 0 aromatic heterocycles. The first-order valence-corrected chi connectivity index (χ1v) is 7.07. The Hall–Kier alpha value is -2.10. The average molecular weight is 283 g/mol. The third-order valence-electron chi connectivity index (χ3n) is 3.50. The van der Waals surface area contributed by atoms with E-state index in [1.165, 1.54) is 0 Å². The van der Waals surface area contributed by atoms with E-state index in [0.717, 1.165) is 11.1 Å². The largest absolute Gasteiger partial charge is 0.508 e. The van der Waals surface area contributed by atoms with Crippen molar-refractivity contribution in [2.75, 3.05) is 6.61 Å². The molecule has 0 heterocycles. The zero-order valence-electron chi connectivity index (χ0n) is 11.9. The van der Waals surface area contributed by atoms with Gasteiger partial charge in [-0.05, 0) is 18.1 Å². The molecule has 110 valence electrons. The number of phenolic OH excluding ortho intramolecular Hbond substituents is 1. The lowest BCUT2D eigenvalue weighted by Crippen LogP contribution is -2.28. The maximum atomic E-state index is 10.0. The van der Waals surface area contributed by atoms with Gasteiger partial charge in [0.05, 0.1) is 12.6 Å². The van der Waals surface area contributed by atoms with Crippen LogP contribution in [0.3, 0.4) is 0 Å². The summed E-state index contributed by atoms with van der Waals surface area (Å²) in [6, 6.07) is 16.8. The van der Waals surface area contributed by atoms with Crippen LogP contribution in [0.5, 0.6) is 5.75 Å². The predicted molar refractivity (Wildman–Crippen MR) is 85.1 cm³/mol. The number of rotatable bonds is 7. The lowest BCUT2D eigenvalue weighted by atomic mass is 9.99. The first-order valence-electron chi connectivity index (χ1n) is 7.07. The van der Waals surface area contributed by atoms with Crippen LogP contribution in [0.25, 0.3) is 0 Å². The zero-order chi connectivity index (χ0) is 15.1. The number of nitrogens with one attached hydrogen (secondary N) is 1. The molecule has 0 spiro atoms. The van der Waals surface area contributed by atoms with Gasteiger partial charge < -0.3 is 15.5 Å². The first kappa shape index (κ1) is 15.3. The molecule has 3 N–H and O–H groups in total. The van der Waals surface area contributed by atoms with Crippen LogP contribution in [-0.2, 0) is 0 Å². The quantitative estimate of drug-likeness (QED) is 0.683. The van der Waals surface area contributed by atoms with E-state index in [4.69, 9.17) is 0 Å². The Kier molecular flexibility index (Phi) is 5.55. The standard InChI is InChI=1S/C18H21NO2/c1-2-8-16(15-11-6-7-12-18(15)21)19-17(13-20)14-9-4-3-5-10-14/h2-7,9-12,16-17,19-21H,1,8,13H2/t16-,17+/m1/s1. The molecule has 0 bridgehead atoms. The Morgan fingerprint density at radius 2 is 1.67 bits per heavy atom. The van der Waals surface area contributed by atoms with Gasteiger partial charge in [0.2, 0.25) is 0 Å². The minimum absolute atomic E-state index is 0.00868. The van der Waals surface area contributed by atoms with Crippen LogP contribution in [0.4, 0.5) is 0 Å². The normalized spacial score (nSPS) is 13.6. The van der Waals surface area contributed by atoms with E-state index in [2.05, 4.69) is 11.9 Å². The van der Waals surface area contributed by atoms with Crippen LogP contribution in [0.15, 0.2) is 67.3 Å². The highest BCUT2D eigenvalue weighted by atomic mass is 16.3. The van der Waals surface area contributed by atoms with Crippen molar-refractivity contribution in [2.24, 2.45) is 0 Å². The first-order chi connectivity index (χ1) is 10.3. The molecule has 2 rings (SSSR count). The van der Waals surface area contributed by atoms with Crippen molar-refractivity contribution >= 4 is 0 Å². The number of hydrogen-bond donors (Lipinski definition) is 3. The summed E-state index contributed by atoms with van der Waals surface area (Å²) in [5.41, 5.74) is 1.83. The smallest absolute Gasteiger partial charge is 0.120 e. The van der Waals surface area contributed by atoms with E-state index in [1.807, 2.05) is 48.5 Å². The molecule has 0 unspecified atom stereocenters. The van der Waals surface area contributed by atoms with Crippen molar-refractivity contribution in [3.05, 3.63) is 78.4 Å². The highest BCUT2D eigenvalue weighted by molar-refractivity contribution is 5.35. The van der Waals surface area contributed by atoms with Crippen molar-refractivity contribution in [1.29, 1.82) is 0 Å². The molecule has 0 amide bonds. The molecule has 0 saturated carbocycles. The van der Waals surface area contributed by atoms with Gasteiger partial charge in [-0.1, -0.05) is 54.6 Å². The highest BCUT2D eigenvalue weighted by Crippen LogP contribution is 2.28. The number of aromatic hydroxyl groups is 1. The summed E-state index contributed by atoms with van der Waals surface area (Å²) in [5.74, 6) is 0.251. The van der Waals surface area contributed by atoms with Crippen molar-refractivity contribution in [3.8, 4) is 5.75 Å². The topological polar surface area (TPSA) is 52.5 Å². The summed E-state index contributed by atoms with van der Waals surface area (Å²) < 4.78 is 0. The molecule has 0 aliphatic rings. The fourth-order valence-corrected chi connectivity index (χ4v) is 2.42. The summed E-state index contributed by atoms with van der Waals surface area (Å²) in [5, 5.41) is 23.1. The fourth-order valence-electron chi connectivity index (χ4n) is 2.42. The highest BCUT2D eigenvalue weighted by Gasteiger charge is 2.19. The average Bonchev–Trinajstić information content (AvgIpc) is 2.53. The maximum absolute atomic E-state index is 10.0. The molecular weight excluding hydrogens is 262 g/mol. The summed E-state index contributed by atoms with van der Waals surface area (Å²) in [6.45, 7) is 3.77. The van der Waals surface area contributed by atoms with Crippen LogP contribution in [-0.4, -0.2) is 16.8 Å². The number of phenols is 1.